The first-order valence-corrected chi connectivity index (χ1v) is 10.0. The van der Waals surface area contributed by atoms with E-state index in [4.69, 9.17) is 23.8 Å². The minimum Gasteiger partial charge on any atom is -0.332 e. The lowest BCUT2D eigenvalue weighted by Crippen LogP contribution is -2.34. The van der Waals surface area contributed by atoms with E-state index in [2.05, 4.69) is 31.9 Å². The predicted molar refractivity (Wildman–Crippen MR) is 124 cm³/mol. The van der Waals surface area contributed by atoms with E-state index in [1.54, 1.807) is 72.8 Å². The fourth-order valence-corrected chi connectivity index (χ4v) is 3.11. The molecule has 0 heterocycles. The van der Waals surface area contributed by atoms with Crippen molar-refractivity contribution in [3.8, 4) is 0 Å². The van der Waals surface area contributed by atoms with Gasteiger partial charge < -0.3 is 10.6 Å². The van der Waals surface area contributed by atoms with E-state index in [9.17, 15) is 9.59 Å². The van der Waals surface area contributed by atoms with Crippen LogP contribution in [0.25, 0.3) is 0 Å². The summed E-state index contributed by atoms with van der Waals surface area (Å²) in [6.45, 7) is 0. The van der Waals surface area contributed by atoms with Gasteiger partial charge in [0.25, 0.3) is 11.8 Å². The summed E-state index contributed by atoms with van der Waals surface area (Å²) < 4.78 is 0.877. The molecule has 0 aliphatic heterocycles. The molecule has 0 unspecified atom stereocenters. The number of carbonyl (C=O) groups excluding carboxylic acids is 2. The number of halogens is 2. The summed E-state index contributed by atoms with van der Waals surface area (Å²) in [6, 6.07) is 20.6. The molecule has 3 rings (SSSR count). The molecular formula is C21H15BrClN3O2S. The maximum Gasteiger partial charge on any atom is 0.257 e. The van der Waals surface area contributed by atoms with E-state index in [0.717, 1.165) is 4.47 Å². The Morgan fingerprint density at radius 1 is 0.793 bits per heavy atom. The Kier molecular flexibility index (Phi) is 6.98. The van der Waals surface area contributed by atoms with E-state index in [0.29, 0.717) is 27.5 Å². The molecule has 29 heavy (non-hydrogen) atoms. The number of hydrogen-bond acceptors (Lipinski definition) is 3. The Morgan fingerprint density at radius 3 is 2.14 bits per heavy atom. The van der Waals surface area contributed by atoms with Crippen molar-refractivity contribution in [1.29, 1.82) is 0 Å². The summed E-state index contributed by atoms with van der Waals surface area (Å²) in [5, 5.41) is 8.96. The van der Waals surface area contributed by atoms with Gasteiger partial charge in [0.05, 0.1) is 0 Å². The molecule has 0 radical (unpaired) electrons. The van der Waals surface area contributed by atoms with Crippen LogP contribution in [-0.2, 0) is 0 Å². The van der Waals surface area contributed by atoms with Crippen LogP contribution in [0.2, 0.25) is 5.02 Å². The highest BCUT2D eigenvalue weighted by molar-refractivity contribution is 9.10. The van der Waals surface area contributed by atoms with Gasteiger partial charge in [0.1, 0.15) is 0 Å². The maximum atomic E-state index is 12.5. The van der Waals surface area contributed by atoms with E-state index in [1.165, 1.54) is 0 Å². The third-order valence-electron chi connectivity index (χ3n) is 3.80. The Labute approximate surface area is 186 Å². The summed E-state index contributed by atoms with van der Waals surface area (Å²) in [5.41, 5.74) is 2.08. The molecule has 3 aromatic carbocycles. The van der Waals surface area contributed by atoms with Crippen molar-refractivity contribution in [2.24, 2.45) is 0 Å². The lowest BCUT2D eigenvalue weighted by atomic mass is 10.2. The van der Waals surface area contributed by atoms with Crippen molar-refractivity contribution in [3.05, 3.63) is 93.4 Å². The second-order valence-electron chi connectivity index (χ2n) is 5.96. The normalized spacial score (nSPS) is 10.1. The highest BCUT2D eigenvalue weighted by Gasteiger charge is 2.10. The van der Waals surface area contributed by atoms with Crippen molar-refractivity contribution < 1.29 is 9.59 Å². The first-order chi connectivity index (χ1) is 13.9. The van der Waals surface area contributed by atoms with E-state index >= 15 is 0 Å². The van der Waals surface area contributed by atoms with Crippen LogP contribution < -0.4 is 16.0 Å². The van der Waals surface area contributed by atoms with Gasteiger partial charge >= 0.3 is 0 Å². The van der Waals surface area contributed by atoms with Crippen molar-refractivity contribution >= 4 is 68.1 Å². The second kappa shape index (κ2) is 9.65. The minimum atomic E-state index is -0.329. The van der Waals surface area contributed by atoms with E-state index in [-0.39, 0.29) is 16.9 Å². The van der Waals surface area contributed by atoms with Gasteiger partial charge in [0, 0.05) is 32.0 Å². The van der Waals surface area contributed by atoms with Crippen LogP contribution >= 0.6 is 39.7 Å². The molecule has 0 spiro atoms. The van der Waals surface area contributed by atoms with Crippen LogP contribution in [0.3, 0.4) is 0 Å². The molecule has 146 valence electrons. The van der Waals surface area contributed by atoms with Crippen LogP contribution in [0.1, 0.15) is 20.7 Å². The third kappa shape index (κ3) is 6.12. The monoisotopic (exact) mass is 487 g/mol. The Balaban J connectivity index is 1.63. The minimum absolute atomic E-state index is 0.130. The summed E-state index contributed by atoms with van der Waals surface area (Å²) in [4.78, 5) is 24.7. The van der Waals surface area contributed by atoms with Gasteiger partial charge in [0.2, 0.25) is 0 Å². The average Bonchev–Trinajstić information content (AvgIpc) is 2.68. The molecule has 0 aliphatic rings. The Hall–Kier alpha value is -2.74. The standard InChI is InChI=1S/C21H15BrClN3O2S/c22-15-9-7-13(8-10-15)19(27)26-21(29)25-17-5-1-3-14(11-17)20(28)24-18-6-2-4-16(23)12-18/h1-12H,(H,24,28)(H2,25,26,27,29). The summed E-state index contributed by atoms with van der Waals surface area (Å²) >= 11 is 14.5. The Bertz CT molecular complexity index is 1070. The quantitative estimate of drug-likeness (QED) is 0.425. The summed E-state index contributed by atoms with van der Waals surface area (Å²) in [5.74, 6) is -0.620. The number of anilines is 2. The van der Waals surface area contributed by atoms with E-state index < -0.39 is 0 Å². The topological polar surface area (TPSA) is 70.2 Å². The van der Waals surface area contributed by atoms with Crippen LogP contribution in [-0.4, -0.2) is 16.9 Å². The molecule has 0 saturated carbocycles. The lowest BCUT2D eigenvalue weighted by molar-refractivity contribution is 0.0976. The largest absolute Gasteiger partial charge is 0.332 e. The number of rotatable bonds is 4. The summed E-state index contributed by atoms with van der Waals surface area (Å²) in [6.07, 6.45) is 0. The molecule has 0 aliphatic carbocycles. The second-order valence-corrected chi connectivity index (χ2v) is 7.72. The van der Waals surface area contributed by atoms with Gasteiger partial charge in [-0.15, -0.1) is 0 Å². The number of amides is 2. The zero-order valence-electron chi connectivity index (χ0n) is 14.9. The third-order valence-corrected chi connectivity index (χ3v) is 4.77. The van der Waals surface area contributed by atoms with Crippen molar-refractivity contribution in [1.82, 2.24) is 5.32 Å². The van der Waals surface area contributed by atoms with Crippen LogP contribution in [0.15, 0.2) is 77.3 Å². The molecule has 0 saturated heterocycles. The molecule has 3 N–H and O–H groups in total. The van der Waals surface area contributed by atoms with Crippen molar-refractivity contribution in [3.63, 3.8) is 0 Å². The lowest BCUT2D eigenvalue weighted by Gasteiger charge is -2.11. The number of carbonyl (C=O) groups is 2. The van der Waals surface area contributed by atoms with Crippen LogP contribution in [0.5, 0.6) is 0 Å². The van der Waals surface area contributed by atoms with Gasteiger partial charge in [-0.25, -0.2) is 0 Å². The van der Waals surface area contributed by atoms with Gasteiger partial charge in [0.15, 0.2) is 5.11 Å². The molecule has 5 nitrogen and oxygen atoms in total. The fourth-order valence-electron chi connectivity index (χ4n) is 2.45. The molecule has 8 heteroatoms. The molecule has 0 aromatic heterocycles. The number of benzene rings is 3. The summed E-state index contributed by atoms with van der Waals surface area (Å²) in [7, 11) is 0. The van der Waals surface area contributed by atoms with Gasteiger partial charge in [-0.05, 0) is 72.9 Å². The highest BCUT2D eigenvalue weighted by Crippen LogP contribution is 2.17. The number of hydrogen-bond donors (Lipinski definition) is 3. The SMILES string of the molecule is O=C(NC(=S)Nc1cccc(C(=O)Nc2cccc(Cl)c2)c1)c1ccc(Br)cc1. The molecule has 3 aromatic rings. The molecule has 2 amide bonds. The first kappa shape index (κ1) is 21.0. The van der Waals surface area contributed by atoms with Gasteiger partial charge in [-0.1, -0.05) is 39.7 Å². The predicted octanol–water partition coefficient (Wildman–Crippen LogP) is 5.48. The number of nitrogens with one attached hydrogen (secondary N) is 3. The zero-order chi connectivity index (χ0) is 20.8. The van der Waals surface area contributed by atoms with Crippen LogP contribution in [0.4, 0.5) is 11.4 Å². The van der Waals surface area contributed by atoms with Crippen LogP contribution in [0, 0.1) is 0 Å². The zero-order valence-corrected chi connectivity index (χ0v) is 18.1. The fraction of sp³-hybridized carbons (Fsp3) is 0. The maximum absolute atomic E-state index is 12.5. The number of thiocarbonyl (C=S) groups is 1. The van der Waals surface area contributed by atoms with E-state index in [1.807, 2.05) is 0 Å². The average molecular weight is 489 g/mol. The van der Waals surface area contributed by atoms with Crippen molar-refractivity contribution in [2.75, 3.05) is 10.6 Å². The van der Waals surface area contributed by atoms with Gasteiger partial charge in [-0.2, -0.15) is 0 Å². The van der Waals surface area contributed by atoms with Crippen molar-refractivity contribution in [2.45, 2.75) is 0 Å². The first-order valence-electron chi connectivity index (χ1n) is 8.45. The van der Waals surface area contributed by atoms with Gasteiger partial charge in [-0.3, -0.25) is 14.9 Å². The molecule has 0 fully saturated rings. The smallest absolute Gasteiger partial charge is 0.257 e. The Morgan fingerprint density at radius 2 is 1.45 bits per heavy atom. The molecule has 0 atom stereocenters. The highest BCUT2D eigenvalue weighted by atomic mass is 79.9. The molecular weight excluding hydrogens is 474 g/mol. The molecule has 0 bridgehead atoms.